The zero-order valence-electron chi connectivity index (χ0n) is 17.4. The van der Waals surface area contributed by atoms with Crippen LogP contribution in [0.25, 0.3) is 0 Å². The second-order valence-electron chi connectivity index (χ2n) is 7.55. The van der Waals surface area contributed by atoms with E-state index in [0.29, 0.717) is 24.2 Å². The molecule has 1 aliphatic rings. The van der Waals surface area contributed by atoms with Crippen molar-refractivity contribution in [1.29, 1.82) is 0 Å². The van der Waals surface area contributed by atoms with Gasteiger partial charge in [-0.25, -0.2) is 8.42 Å². The lowest BCUT2D eigenvalue weighted by Crippen LogP contribution is -2.29. The molecule has 0 spiro atoms. The van der Waals surface area contributed by atoms with Crippen molar-refractivity contribution >= 4 is 43.2 Å². The molecule has 1 heterocycles. The minimum absolute atomic E-state index is 0.202. The summed E-state index contributed by atoms with van der Waals surface area (Å²) in [5.74, 6) is -0.202. The van der Waals surface area contributed by atoms with Crippen molar-refractivity contribution in [2.24, 2.45) is 0 Å². The molecular weight excluding hydrogens is 476 g/mol. The Kier molecular flexibility index (Phi) is 5.90. The summed E-state index contributed by atoms with van der Waals surface area (Å²) in [7, 11) is -3.62. The molecule has 3 aromatic rings. The van der Waals surface area contributed by atoms with E-state index in [-0.39, 0.29) is 10.8 Å². The summed E-state index contributed by atoms with van der Waals surface area (Å²) in [6.45, 7) is 4.38. The van der Waals surface area contributed by atoms with Gasteiger partial charge in [0.15, 0.2) is 0 Å². The molecule has 7 heteroatoms. The van der Waals surface area contributed by atoms with Crippen LogP contribution < -0.4 is 9.62 Å². The van der Waals surface area contributed by atoms with Crippen LogP contribution in [0.2, 0.25) is 0 Å². The Morgan fingerprint density at radius 1 is 1.10 bits per heavy atom. The van der Waals surface area contributed by atoms with Crippen molar-refractivity contribution in [3.05, 3.63) is 87.4 Å². The van der Waals surface area contributed by atoms with Crippen LogP contribution in [-0.2, 0) is 22.9 Å². The Balaban J connectivity index is 1.61. The number of carbonyl (C=O) groups excluding carboxylic acids is 1. The highest BCUT2D eigenvalue weighted by Gasteiger charge is 2.31. The number of aryl methyl sites for hydroxylation is 2. The molecule has 1 aliphatic heterocycles. The smallest absolute Gasteiger partial charge is 0.264 e. The number of benzene rings is 3. The molecule has 3 aromatic carbocycles. The van der Waals surface area contributed by atoms with Gasteiger partial charge < -0.3 is 5.32 Å². The normalized spacial score (nSPS) is 13.2. The van der Waals surface area contributed by atoms with Crippen LogP contribution in [0.3, 0.4) is 0 Å². The van der Waals surface area contributed by atoms with Gasteiger partial charge in [0.25, 0.3) is 15.9 Å². The highest BCUT2D eigenvalue weighted by atomic mass is 79.9. The topological polar surface area (TPSA) is 66.5 Å². The van der Waals surface area contributed by atoms with Crippen molar-refractivity contribution in [1.82, 2.24) is 0 Å². The lowest BCUT2D eigenvalue weighted by molar-refractivity contribution is 0.102. The maximum atomic E-state index is 13.0. The van der Waals surface area contributed by atoms with E-state index in [1.807, 2.05) is 26.0 Å². The summed E-state index contributed by atoms with van der Waals surface area (Å²) in [6.07, 6.45) is 1.37. The second-order valence-corrected chi connectivity index (χ2v) is 10.3. The fourth-order valence-corrected chi connectivity index (χ4v) is 6.08. The van der Waals surface area contributed by atoms with Crippen molar-refractivity contribution in [3.8, 4) is 0 Å². The minimum atomic E-state index is -3.62. The van der Waals surface area contributed by atoms with Gasteiger partial charge in [-0.3, -0.25) is 9.10 Å². The lowest BCUT2D eigenvalue weighted by Gasteiger charge is -2.20. The van der Waals surface area contributed by atoms with E-state index in [9.17, 15) is 13.2 Å². The van der Waals surface area contributed by atoms with E-state index in [0.717, 1.165) is 33.3 Å². The quantitative estimate of drug-likeness (QED) is 0.517. The molecule has 1 amide bonds. The number of carbonyl (C=O) groups is 1. The number of anilines is 2. The summed E-state index contributed by atoms with van der Waals surface area (Å²) < 4.78 is 28.5. The Bertz CT molecular complexity index is 1260. The third-order valence-corrected chi connectivity index (χ3v) is 7.81. The number of fused-ring (bicyclic) bond motifs is 1. The minimum Gasteiger partial charge on any atom is -0.321 e. The van der Waals surface area contributed by atoms with Crippen LogP contribution >= 0.6 is 15.9 Å². The van der Waals surface area contributed by atoms with Crippen molar-refractivity contribution in [2.45, 2.75) is 31.6 Å². The molecule has 0 radical (unpaired) electrons. The van der Waals surface area contributed by atoms with Crippen LogP contribution in [0.1, 0.15) is 34.0 Å². The standard InChI is InChI=1S/C24H23BrN2O3S/c1-3-17-15-20(25)13-16(2)23(17)26-24(28)19-9-10-22-18(14-19)11-12-27(22)31(29,30)21-7-5-4-6-8-21/h4-10,13-15H,3,11-12H2,1-2H3,(H,26,28). The number of nitrogens with zero attached hydrogens (tertiary/aromatic N) is 1. The molecule has 160 valence electrons. The molecule has 5 nitrogen and oxygen atoms in total. The molecule has 31 heavy (non-hydrogen) atoms. The van der Waals surface area contributed by atoms with Crippen LogP contribution in [0, 0.1) is 6.92 Å². The summed E-state index contributed by atoms with van der Waals surface area (Å²) >= 11 is 3.50. The Labute approximate surface area is 191 Å². The zero-order chi connectivity index (χ0) is 22.2. The summed E-state index contributed by atoms with van der Waals surface area (Å²) in [6, 6.07) is 17.6. The number of hydrogen-bond donors (Lipinski definition) is 1. The molecule has 0 aliphatic carbocycles. The van der Waals surface area contributed by atoms with Crippen LogP contribution in [-0.4, -0.2) is 20.9 Å². The van der Waals surface area contributed by atoms with Crippen molar-refractivity contribution in [2.75, 3.05) is 16.2 Å². The second kappa shape index (κ2) is 8.48. The average molecular weight is 499 g/mol. The van der Waals surface area contributed by atoms with E-state index >= 15 is 0 Å². The first kappa shape index (κ1) is 21.6. The van der Waals surface area contributed by atoms with Gasteiger partial charge >= 0.3 is 0 Å². The highest BCUT2D eigenvalue weighted by Crippen LogP contribution is 2.34. The first-order chi connectivity index (χ1) is 14.8. The third-order valence-electron chi connectivity index (χ3n) is 5.53. The molecule has 0 atom stereocenters. The molecular formula is C24H23BrN2O3S. The van der Waals surface area contributed by atoms with Gasteiger partial charge in [-0.15, -0.1) is 0 Å². The highest BCUT2D eigenvalue weighted by molar-refractivity contribution is 9.10. The molecule has 0 saturated carbocycles. The Morgan fingerprint density at radius 3 is 2.55 bits per heavy atom. The Hall–Kier alpha value is -2.64. The van der Waals surface area contributed by atoms with Gasteiger partial charge in [0.1, 0.15) is 0 Å². The summed E-state index contributed by atoms with van der Waals surface area (Å²) in [5, 5.41) is 3.04. The van der Waals surface area contributed by atoms with E-state index in [4.69, 9.17) is 0 Å². The monoisotopic (exact) mass is 498 g/mol. The van der Waals surface area contributed by atoms with Gasteiger partial charge in [0.2, 0.25) is 0 Å². The van der Waals surface area contributed by atoms with Gasteiger partial charge in [-0.1, -0.05) is 41.1 Å². The molecule has 0 unspecified atom stereocenters. The molecule has 4 rings (SSSR count). The van der Waals surface area contributed by atoms with Crippen molar-refractivity contribution < 1.29 is 13.2 Å². The molecule has 0 aromatic heterocycles. The molecule has 1 N–H and O–H groups in total. The van der Waals surface area contributed by atoms with Gasteiger partial charge in [-0.05, 0) is 78.9 Å². The van der Waals surface area contributed by atoms with Gasteiger partial charge in [0.05, 0.1) is 10.6 Å². The zero-order valence-corrected chi connectivity index (χ0v) is 19.8. The first-order valence-corrected chi connectivity index (χ1v) is 12.4. The molecule has 0 bridgehead atoms. The van der Waals surface area contributed by atoms with E-state index in [1.54, 1.807) is 48.5 Å². The maximum Gasteiger partial charge on any atom is 0.264 e. The largest absolute Gasteiger partial charge is 0.321 e. The molecule has 0 saturated heterocycles. The lowest BCUT2D eigenvalue weighted by atomic mass is 10.0. The Morgan fingerprint density at radius 2 is 1.84 bits per heavy atom. The number of rotatable bonds is 5. The number of amides is 1. The fourth-order valence-electron chi connectivity index (χ4n) is 3.94. The average Bonchev–Trinajstić information content (AvgIpc) is 3.20. The van der Waals surface area contributed by atoms with Crippen LogP contribution in [0.5, 0.6) is 0 Å². The van der Waals surface area contributed by atoms with Crippen molar-refractivity contribution in [3.63, 3.8) is 0 Å². The number of hydrogen-bond acceptors (Lipinski definition) is 3. The predicted molar refractivity (Wildman–Crippen MR) is 127 cm³/mol. The maximum absolute atomic E-state index is 13.0. The van der Waals surface area contributed by atoms with Gasteiger partial charge in [0, 0.05) is 22.3 Å². The summed E-state index contributed by atoms with van der Waals surface area (Å²) in [4.78, 5) is 13.2. The number of sulfonamides is 1. The van der Waals surface area contributed by atoms with Gasteiger partial charge in [-0.2, -0.15) is 0 Å². The van der Waals surface area contributed by atoms with Crippen LogP contribution in [0.15, 0.2) is 70.0 Å². The van der Waals surface area contributed by atoms with E-state index in [2.05, 4.69) is 21.2 Å². The fraction of sp³-hybridized carbons (Fsp3) is 0.208. The SMILES string of the molecule is CCc1cc(Br)cc(C)c1NC(=O)c1ccc2c(c1)CCN2S(=O)(=O)c1ccccc1. The predicted octanol–water partition coefficient (Wildman–Crippen LogP) is 5.32. The molecule has 0 fully saturated rings. The van der Waals surface area contributed by atoms with Crippen LogP contribution in [0.4, 0.5) is 11.4 Å². The van der Waals surface area contributed by atoms with E-state index in [1.165, 1.54) is 4.31 Å². The number of nitrogens with one attached hydrogen (secondary N) is 1. The summed E-state index contributed by atoms with van der Waals surface area (Å²) in [5.41, 5.74) is 4.87. The van der Waals surface area contributed by atoms with E-state index < -0.39 is 10.0 Å². The number of halogens is 1. The first-order valence-electron chi connectivity index (χ1n) is 10.1. The third kappa shape index (κ3) is 4.12.